The first-order chi connectivity index (χ1) is 13.9. The third-order valence-corrected chi connectivity index (χ3v) is 7.65. The van der Waals surface area contributed by atoms with Crippen LogP contribution in [-0.4, -0.2) is 57.7 Å². The molecule has 3 rings (SSSR count). The molecule has 2 fully saturated rings. The van der Waals surface area contributed by atoms with E-state index < -0.39 is 10.0 Å². The number of hydrogen-bond donors (Lipinski definition) is 1. The number of piperidine rings is 1. The lowest BCUT2D eigenvalue weighted by atomic mass is 9.99. The fourth-order valence-corrected chi connectivity index (χ4v) is 5.43. The Kier molecular flexibility index (Phi) is 7.72. The predicted molar refractivity (Wildman–Crippen MR) is 118 cm³/mol. The number of benzene rings is 1. The first kappa shape index (κ1) is 21.8. The van der Waals surface area contributed by atoms with Crippen LogP contribution in [-0.2, 0) is 14.8 Å². The van der Waals surface area contributed by atoms with Crippen molar-refractivity contribution in [3.63, 3.8) is 0 Å². The van der Waals surface area contributed by atoms with E-state index in [0.717, 1.165) is 30.9 Å². The quantitative estimate of drug-likeness (QED) is 0.520. The maximum Gasteiger partial charge on any atom is 0.243 e. The van der Waals surface area contributed by atoms with Crippen LogP contribution in [0.2, 0.25) is 0 Å². The summed E-state index contributed by atoms with van der Waals surface area (Å²) in [5.74, 6) is 0.983. The number of carbonyl (C=O) groups excluding carboxylic acids is 1. The third-order valence-electron chi connectivity index (χ3n) is 5.78. The van der Waals surface area contributed by atoms with Gasteiger partial charge in [0.2, 0.25) is 15.9 Å². The largest absolute Gasteiger partial charge is 0.353 e. The lowest BCUT2D eigenvalue weighted by molar-refractivity contribution is -0.116. The van der Waals surface area contributed by atoms with Crippen LogP contribution in [0.4, 0.5) is 5.69 Å². The molecule has 2 aliphatic rings. The van der Waals surface area contributed by atoms with Gasteiger partial charge in [0.05, 0.1) is 11.4 Å². The molecule has 7 heteroatoms. The van der Waals surface area contributed by atoms with Gasteiger partial charge in [-0.1, -0.05) is 19.1 Å². The summed E-state index contributed by atoms with van der Waals surface area (Å²) < 4.78 is 25.4. The Morgan fingerprint density at radius 3 is 2.52 bits per heavy atom. The molecule has 0 aromatic heterocycles. The van der Waals surface area contributed by atoms with Crippen LogP contribution >= 0.6 is 0 Å². The van der Waals surface area contributed by atoms with Crippen molar-refractivity contribution in [1.29, 1.82) is 0 Å². The summed E-state index contributed by atoms with van der Waals surface area (Å²) in [6.45, 7) is 7.09. The van der Waals surface area contributed by atoms with Crippen LogP contribution in [0.15, 0.2) is 30.3 Å². The molecular formula is C22H33N3O3S. The second-order valence-corrected chi connectivity index (χ2v) is 10.2. The summed E-state index contributed by atoms with van der Waals surface area (Å²) in [4.78, 5) is 14.5. The van der Waals surface area contributed by atoms with Crippen LogP contribution in [0, 0.1) is 5.92 Å². The summed E-state index contributed by atoms with van der Waals surface area (Å²) in [5.41, 5.74) is 1.56. The van der Waals surface area contributed by atoms with Gasteiger partial charge in [-0.25, -0.2) is 8.42 Å². The molecule has 0 radical (unpaired) electrons. The van der Waals surface area contributed by atoms with E-state index in [1.54, 1.807) is 18.2 Å². The molecule has 0 spiro atoms. The van der Waals surface area contributed by atoms with Gasteiger partial charge in [-0.2, -0.15) is 0 Å². The molecule has 0 saturated carbocycles. The first-order valence-corrected chi connectivity index (χ1v) is 12.3. The summed E-state index contributed by atoms with van der Waals surface area (Å²) in [7, 11) is -3.16. The molecule has 1 aromatic carbocycles. The number of anilines is 1. The average molecular weight is 420 g/mol. The number of likely N-dealkylation sites (tertiary alicyclic amines) is 1. The molecule has 2 heterocycles. The third kappa shape index (κ3) is 6.57. The lowest BCUT2D eigenvalue weighted by Crippen LogP contribution is -2.34. The standard InChI is InChI=1S/C22H33N3O3S/c1-19-11-16-24(17-12-19)14-3-2-13-23-22(26)10-7-20-5-8-21(9-6-20)25-15-4-18-29(25,27)28/h5-10,19H,2-4,11-18H2,1H3,(H,23,26)/b10-7+. The lowest BCUT2D eigenvalue weighted by Gasteiger charge is -2.30. The Morgan fingerprint density at radius 2 is 1.86 bits per heavy atom. The molecule has 0 aliphatic carbocycles. The number of nitrogens with zero attached hydrogens (tertiary/aromatic N) is 2. The minimum Gasteiger partial charge on any atom is -0.353 e. The molecule has 2 saturated heterocycles. The zero-order valence-electron chi connectivity index (χ0n) is 17.3. The van der Waals surface area contributed by atoms with Crippen molar-refractivity contribution in [2.24, 2.45) is 5.92 Å². The fourth-order valence-electron chi connectivity index (χ4n) is 3.87. The van der Waals surface area contributed by atoms with Gasteiger partial charge in [0.15, 0.2) is 0 Å². The maximum atomic E-state index is 12.0. The smallest absolute Gasteiger partial charge is 0.243 e. The van der Waals surface area contributed by atoms with Crippen molar-refractivity contribution < 1.29 is 13.2 Å². The van der Waals surface area contributed by atoms with Gasteiger partial charge in [0, 0.05) is 19.2 Å². The van der Waals surface area contributed by atoms with Crippen LogP contribution < -0.4 is 9.62 Å². The van der Waals surface area contributed by atoms with Gasteiger partial charge in [0.1, 0.15) is 0 Å². The number of unbranched alkanes of at least 4 members (excludes halogenated alkanes) is 1. The molecule has 1 aromatic rings. The summed E-state index contributed by atoms with van der Waals surface area (Å²) in [6, 6.07) is 7.27. The number of sulfonamides is 1. The molecular weight excluding hydrogens is 386 g/mol. The van der Waals surface area contributed by atoms with Crippen LogP contribution in [0.3, 0.4) is 0 Å². The molecule has 1 N–H and O–H groups in total. The second kappa shape index (κ2) is 10.3. The van der Waals surface area contributed by atoms with Gasteiger partial charge in [-0.15, -0.1) is 0 Å². The van der Waals surface area contributed by atoms with Crippen molar-refractivity contribution in [2.75, 3.05) is 42.8 Å². The Balaban J connectivity index is 1.35. The Morgan fingerprint density at radius 1 is 1.14 bits per heavy atom. The molecule has 160 valence electrons. The number of carbonyl (C=O) groups is 1. The number of amides is 1. The van der Waals surface area contributed by atoms with Gasteiger partial charge in [-0.3, -0.25) is 9.10 Å². The van der Waals surface area contributed by atoms with Gasteiger partial charge in [-0.05, 0) is 81.4 Å². The van der Waals surface area contributed by atoms with Crippen LogP contribution in [0.1, 0.15) is 44.6 Å². The monoisotopic (exact) mass is 419 g/mol. The summed E-state index contributed by atoms with van der Waals surface area (Å²) >= 11 is 0. The minimum absolute atomic E-state index is 0.0944. The fraction of sp³-hybridized carbons (Fsp3) is 0.591. The molecule has 1 amide bonds. The van der Waals surface area contributed by atoms with Crippen LogP contribution in [0.5, 0.6) is 0 Å². The van der Waals surface area contributed by atoms with Gasteiger partial charge < -0.3 is 10.2 Å². The zero-order chi connectivity index (χ0) is 20.7. The van der Waals surface area contributed by atoms with Crippen molar-refractivity contribution in [2.45, 2.75) is 39.0 Å². The van der Waals surface area contributed by atoms with E-state index in [1.165, 1.54) is 36.3 Å². The highest BCUT2D eigenvalue weighted by atomic mass is 32.2. The molecule has 29 heavy (non-hydrogen) atoms. The molecule has 2 aliphatic heterocycles. The van der Waals surface area contributed by atoms with E-state index in [0.29, 0.717) is 25.2 Å². The van der Waals surface area contributed by atoms with E-state index >= 15 is 0 Å². The highest BCUT2D eigenvalue weighted by Crippen LogP contribution is 2.24. The Labute approximate surface area is 175 Å². The highest BCUT2D eigenvalue weighted by molar-refractivity contribution is 7.93. The number of rotatable bonds is 8. The zero-order valence-corrected chi connectivity index (χ0v) is 18.2. The van der Waals surface area contributed by atoms with Crippen molar-refractivity contribution in [3.8, 4) is 0 Å². The SMILES string of the molecule is CC1CCN(CCCCNC(=O)/C=C/c2ccc(N3CCCS3(=O)=O)cc2)CC1. The molecule has 0 unspecified atom stereocenters. The van der Waals surface area contributed by atoms with Gasteiger partial charge in [0.25, 0.3) is 0 Å². The molecule has 0 bridgehead atoms. The van der Waals surface area contributed by atoms with E-state index in [1.807, 2.05) is 12.1 Å². The van der Waals surface area contributed by atoms with Crippen molar-refractivity contribution in [1.82, 2.24) is 10.2 Å². The normalized spacial score (nSPS) is 20.4. The molecule has 6 nitrogen and oxygen atoms in total. The van der Waals surface area contributed by atoms with Crippen LogP contribution in [0.25, 0.3) is 6.08 Å². The average Bonchev–Trinajstić information content (AvgIpc) is 3.07. The minimum atomic E-state index is -3.16. The number of hydrogen-bond acceptors (Lipinski definition) is 4. The van der Waals surface area contributed by atoms with E-state index in [9.17, 15) is 13.2 Å². The van der Waals surface area contributed by atoms with E-state index in [4.69, 9.17) is 0 Å². The Bertz CT molecular complexity index is 797. The van der Waals surface area contributed by atoms with Crippen molar-refractivity contribution >= 4 is 27.7 Å². The summed E-state index contributed by atoms with van der Waals surface area (Å²) in [5, 5.41) is 2.93. The number of nitrogens with one attached hydrogen (secondary N) is 1. The van der Waals surface area contributed by atoms with Crippen molar-refractivity contribution in [3.05, 3.63) is 35.9 Å². The van der Waals surface area contributed by atoms with E-state index in [-0.39, 0.29) is 11.7 Å². The van der Waals surface area contributed by atoms with E-state index in [2.05, 4.69) is 17.1 Å². The maximum absolute atomic E-state index is 12.0. The second-order valence-electron chi connectivity index (χ2n) is 8.19. The highest BCUT2D eigenvalue weighted by Gasteiger charge is 2.28. The first-order valence-electron chi connectivity index (χ1n) is 10.7. The van der Waals surface area contributed by atoms with Gasteiger partial charge >= 0.3 is 0 Å². The summed E-state index contributed by atoms with van der Waals surface area (Å²) in [6.07, 6.45) is 8.66. The topological polar surface area (TPSA) is 69.7 Å². The Hall–Kier alpha value is -1.86. The predicted octanol–water partition coefficient (Wildman–Crippen LogP) is 2.87. The molecule has 0 atom stereocenters.